The van der Waals surface area contributed by atoms with Gasteiger partial charge in [-0.1, -0.05) is 12.1 Å². The topological polar surface area (TPSA) is 32.3 Å². The fourth-order valence-corrected chi connectivity index (χ4v) is 2.28. The molecule has 1 aromatic rings. The SMILES string of the molecule is OCC(c1cccc(F)c1)C1CCNC1. The molecule has 1 saturated heterocycles. The molecule has 0 saturated carbocycles. The van der Waals surface area contributed by atoms with Crippen molar-refractivity contribution in [3.05, 3.63) is 35.6 Å². The Labute approximate surface area is 89.1 Å². The van der Waals surface area contributed by atoms with E-state index >= 15 is 0 Å². The third-order valence-corrected chi connectivity index (χ3v) is 3.14. The number of rotatable bonds is 3. The first-order valence-corrected chi connectivity index (χ1v) is 5.38. The molecule has 0 spiro atoms. The molecular weight excluding hydrogens is 193 g/mol. The van der Waals surface area contributed by atoms with Gasteiger partial charge in [-0.05, 0) is 43.1 Å². The molecule has 0 amide bonds. The number of aliphatic hydroxyl groups is 1. The van der Waals surface area contributed by atoms with Crippen molar-refractivity contribution < 1.29 is 9.50 Å². The van der Waals surface area contributed by atoms with Crippen LogP contribution in [0.4, 0.5) is 4.39 Å². The van der Waals surface area contributed by atoms with E-state index in [1.165, 1.54) is 12.1 Å². The van der Waals surface area contributed by atoms with Crippen molar-refractivity contribution in [2.75, 3.05) is 19.7 Å². The Hall–Kier alpha value is -0.930. The summed E-state index contributed by atoms with van der Waals surface area (Å²) in [5.74, 6) is 0.268. The van der Waals surface area contributed by atoms with Crippen LogP contribution < -0.4 is 5.32 Å². The summed E-state index contributed by atoms with van der Waals surface area (Å²) in [4.78, 5) is 0. The van der Waals surface area contributed by atoms with Crippen LogP contribution in [0.25, 0.3) is 0 Å². The van der Waals surface area contributed by atoms with Crippen LogP contribution in [-0.4, -0.2) is 24.8 Å². The average molecular weight is 209 g/mol. The molecular formula is C12H16FNO. The van der Waals surface area contributed by atoms with Gasteiger partial charge >= 0.3 is 0 Å². The summed E-state index contributed by atoms with van der Waals surface area (Å²) in [6, 6.07) is 6.56. The number of benzene rings is 1. The second-order valence-corrected chi connectivity index (χ2v) is 4.10. The van der Waals surface area contributed by atoms with Crippen LogP contribution in [-0.2, 0) is 0 Å². The van der Waals surface area contributed by atoms with Gasteiger partial charge in [-0.2, -0.15) is 0 Å². The minimum absolute atomic E-state index is 0.0655. The molecule has 2 nitrogen and oxygen atoms in total. The van der Waals surface area contributed by atoms with Gasteiger partial charge in [0.15, 0.2) is 0 Å². The van der Waals surface area contributed by atoms with Crippen molar-refractivity contribution >= 4 is 0 Å². The molecule has 0 radical (unpaired) electrons. The van der Waals surface area contributed by atoms with Crippen LogP contribution in [0, 0.1) is 11.7 Å². The van der Waals surface area contributed by atoms with Crippen LogP contribution in [0.15, 0.2) is 24.3 Å². The Balaban J connectivity index is 2.18. The Kier molecular flexibility index (Phi) is 3.34. The molecule has 1 aliphatic heterocycles. The van der Waals surface area contributed by atoms with Crippen LogP contribution in [0.2, 0.25) is 0 Å². The van der Waals surface area contributed by atoms with E-state index in [2.05, 4.69) is 5.32 Å². The maximum atomic E-state index is 13.1. The molecule has 3 heteroatoms. The smallest absolute Gasteiger partial charge is 0.123 e. The number of halogens is 1. The molecule has 1 aromatic carbocycles. The number of hydrogen-bond donors (Lipinski definition) is 2. The van der Waals surface area contributed by atoms with Gasteiger partial charge in [-0.3, -0.25) is 0 Å². The van der Waals surface area contributed by atoms with Crippen LogP contribution in [0.1, 0.15) is 17.9 Å². The van der Waals surface area contributed by atoms with Gasteiger partial charge in [0.25, 0.3) is 0 Å². The molecule has 1 fully saturated rings. The van der Waals surface area contributed by atoms with Crippen molar-refractivity contribution in [1.82, 2.24) is 5.32 Å². The van der Waals surface area contributed by atoms with E-state index in [1.807, 2.05) is 6.07 Å². The lowest BCUT2D eigenvalue weighted by atomic mass is 9.86. The summed E-state index contributed by atoms with van der Waals surface area (Å²) >= 11 is 0. The Morgan fingerprint density at radius 3 is 3.00 bits per heavy atom. The molecule has 2 rings (SSSR count). The second-order valence-electron chi connectivity index (χ2n) is 4.10. The van der Waals surface area contributed by atoms with Crippen molar-refractivity contribution in [2.24, 2.45) is 5.92 Å². The number of aliphatic hydroxyl groups excluding tert-OH is 1. The highest BCUT2D eigenvalue weighted by Crippen LogP contribution is 2.28. The highest BCUT2D eigenvalue weighted by atomic mass is 19.1. The molecule has 15 heavy (non-hydrogen) atoms. The third-order valence-electron chi connectivity index (χ3n) is 3.14. The number of hydrogen-bond acceptors (Lipinski definition) is 2. The van der Waals surface area contributed by atoms with Gasteiger partial charge in [0, 0.05) is 5.92 Å². The Morgan fingerprint density at radius 1 is 1.53 bits per heavy atom. The lowest BCUT2D eigenvalue weighted by molar-refractivity contribution is 0.230. The van der Waals surface area contributed by atoms with Crippen molar-refractivity contribution in [3.8, 4) is 0 Å². The van der Waals surface area contributed by atoms with E-state index < -0.39 is 0 Å². The quantitative estimate of drug-likeness (QED) is 0.791. The minimum Gasteiger partial charge on any atom is -0.396 e. The standard InChI is InChI=1S/C12H16FNO/c13-11-3-1-2-9(6-11)12(8-15)10-4-5-14-7-10/h1-3,6,10,12,14-15H,4-5,7-8H2. The highest BCUT2D eigenvalue weighted by Gasteiger charge is 2.25. The van der Waals surface area contributed by atoms with Crippen molar-refractivity contribution in [1.29, 1.82) is 0 Å². The van der Waals surface area contributed by atoms with Crippen LogP contribution in [0.5, 0.6) is 0 Å². The maximum Gasteiger partial charge on any atom is 0.123 e. The summed E-state index contributed by atoms with van der Waals surface area (Å²) in [5, 5.41) is 12.6. The molecule has 0 aromatic heterocycles. The predicted molar refractivity (Wildman–Crippen MR) is 57.2 cm³/mol. The largest absolute Gasteiger partial charge is 0.396 e. The van der Waals surface area contributed by atoms with E-state index in [0.717, 1.165) is 25.1 Å². The fraction of sp³-hybridized carbons (Fsp3) is 0.500. The Morgan fingerprint density at radius 2 is 2.40 bits per heavy atom. The van der Waals surface area contributed by atoms with Crippen LogP contribution in [0.3, 0.4) is 0 Å². The average Bonchev–Trinajstić information content (AvgIpc) is 2.72. The molecule has 2 atom stereocenters. The zero-order chi connectivity index (χ0) is 10.7. The van der Waals surface area contributed by atoms with E-state index in [0.29, 0.717) is 5.92 Å². The lowest BCUT2D eigenvalue weighted by Gasteiger charge is -2.20. The van der Waals surface area contributed by atoms with E-state index in [4.69, 9.17) is 0 Å². The first-order valence-electron chi connectivity index (χ1n) is 5.38. The minimum atomic E-state index is -0.225. The van der Waals surface area contributed by atoms with E-state index in [1.54, 1.807) is 6.07 Å². The van der Waals surface area contributed by atoms with Gasteiger partial charge in [-0.25, -0.2) is 4.39 Å². The summed E-state index contributed by atoms with van der Waals surface area (Å²) in [6.45, 7) is 2.01. The molecule has 2 N–H and O–H groups in total. The third kappa shape index (κ3) is 2.36. The molecule has 2 unspecified atom stereocenters. The number of nitrogens with one attached hydrogen (secondary N) is 1. The summed E-state index contributed by atoms with van der Waals surface area (Å²) in [6.07, 6.45) is 1.06. The molecule has 1 aliphatic rings. The fourth-order valence-electron chi connectivity index (χ4n) is 2.28. The van der Waals surface area contributed by atoms with Crippen LogP contribution >= 0.6 is 0 Å². The molecule has 82 valence electrons. The van der Waals surface area contributed by atoms with Crippen molar-refractivity contribution in [3.63, 3.8) is 0 Å². The monoisotopic (exact) mass is 209 g/mol. The van der Waals surface area contributed by atoms with E-state index in [-0.39, 0.29) is 18.3 Å². The highest BCUT2D eigenvalue weighted by molar-refractivity contribution is 5.22. The zero-order valence-electron chi connectivity index (χ0n) is 8.62. The van der Waals surface area contributed by atoms with Gasteiger partial charge in [0.05, 0.1) is 6.61 Å². The van der Waals surface area contributed by atoms with E-state index in [9.17, 15) is 9.50 Å². The summed E-state index contributed by atoms with van der Waals surface area (Å²) in [7, 11) is 0. The Bertz CT molecular complexity index is 323. The zero-order valence-corrected chi connectivity index (χ0v) is 8.62. The molecule has 1 heterocycles. The maximum absolute atomic E-state index is 13.1. The first-order chi connectivity index (χ1) is 7.31. The van der Waals surface area contributed by atoms with Crippen molar-refractivity contribution in [2.45, 2.75) is 12.3 Å². The van der Waals surface area contributed by atoms with Gasteiger partial charge in [0.1, 0.15) is 5.82 Å². The normalized spacial score (nSPS) is 22.9. The van der Waals surface area contributed by atoms with Gasteiger partial charge < -0.3 is 10.4 Å². The molecule has 0 bridgehead atoms. The first kappa shape index (κ1) is 10.6. The lowest BCUT2D eigenvalue weighted by Crippen LogP contribution is -2.19. The summed E-state index contributed by atoms with van der Waals surface area (Å²) < 4.78 is 13.1. The summed E-state index contributed by atoms with van der Waals surface area (Å²) in [5.41, 5.74) is 0.909. The van der Waals surface area contributed by atoms with Gasteiger partial charge in [-0.15, -0.1) is 0 Å². The van der Waals surface area contributed by atoms with Gasteiger partial charge in [0.2, 0.25) is 0 Å². The predicted octanol–water partition coefficient (Wildman–Crippen LogP) is 1.51. The second kappa shape index (κ2) is 4.73. The molecule has 0 aliphatic carbocycles.